The number of carbonyl (C=O) groups excluding carboxylic acids is 2. The molecule has 10 heteroatoms. The van der Waals surface area contributed by atoms with Crippen LogP contribution in [0.2, 0.25) is 0 Å². The molecule has 2 N–H and O–H groups in total. The van der Waals surface area contributed by atoms with Crippen molar-refractivity contribution in [3.05, 3.63) is 65.4 Å². The number of hydrogen-bond donors (Lipinski definition) is 2. The fourth-order valence-electron chi connectivity index (χ4n) is 3.53. The van der Waals surface area contributed by atoms with Crippen molar-refractivity contribution in [2.24, 2.45) is 0 Å². The summed E-state index contributed by atoms with van der Waals surface area (Å²) in [5, 5.41) is 15.6. The fraction of sp³-hybridized carbons (Fsp3) is 0.280. The molecule has 2 aromatic heterocycles. The topological polar surface area (TPSA) is 88.9 Å². The largest absolute Gasteiger partial charge is 0.350 e. The molecule has 182 valence electrons. The lowest BCUT2D eigenvalue weighted by Gasteiger charge is -2.09. The highest BCUT2D eigenvalue weighted by molar-refractivity contribution is 8.01. The molecule has 0 bridgehead atoms. The number of rotatable bonds is 10. The summed E-state index contributed by atoms with van der Waals surface area (Å²) < 4.78 is 2.97. The molecule has 0 aliphatic carbocycles. The second-order valence-corrected chi connectivity index (χ2v) is 11.4. The van der Waals surface area contributed by atoms with Gasteiger partial charge in [-0.25, -0.2) is 0 Å². The molecule has 0 fully saturated rings. The van der Waals surface area contributed by atoms with Crippen LogP contribution in [0.25, 0.3) is 10.9 Å². The third-order valence-corrected chi connectivity index (χ3v) is 8.34. The summed E-state index contributed by atoms with van der Waals surface area (Å²) in [5.41, 5.74) is 4.01. The molecule has 0 aliphatic heterocycles. The second-order valence-electron chi connectivity index (χ2n) is 7.90. The first kappa shape index (κ1) is 25.3. The van der Waals surface area contributed by atoms with Gasteiger partial charge in [-0.1, -0.05) is 54.3 Å². The SMILES string of the molecule is CCSc1nnc(NC(=O)CSc2cn(CCNC(=O)c3ccc(C)c(C)c3)c3ccccc23)s1. The highest BCUT2D eigenvalue weighted by Gasteiger charge is 2.13. The highest BCUT2D eigenvalue weighted by atomic mass is 32.2. The number of amides is 2. The maximum absolute atomic E-state index is 12.6. The smallest absolute Gasteiger partial charge is 0.251 e. The molecule has 0 aliphatic rings. The zero-order chi connectivity index (χ0) is 24.8. The van der Waals surface area contributed by atoms with Crippen molar-refractivity contribution in [2.45, 2.75) is 36.6 Å². The van der Waals surface area contributed by atoms with E-state index in [1.807, 2.05) is 50.4 Å². The predicted octanol–water partition coefficient (Wildman–Crippen LogP) is 5.38. The number of aryl methyl sites for hydroxylation is 2. The van der Waals surface area contributed by atoms with Crippen molar-refractivity contribution in [1.82, 2.24) is 20.1 Å². The molecule has 0 saturated heterocycles. The second kappa shape index (κ2) is 11.7. The number of anilines is 1. The Hall–Kier alpha value is -2.82. The third-order valence-electron chi connectivity index (χ3n) is 5.44. The van der Waals surface area contributed by atoms with Crippen LogP contribution >= 0.6 is 34.9 Å². The summed E-state index contributed by atoms with van der Waals surface area (Å²) in [5.74, 6) is 0.996. The Morgan fingerprint density at radius 1 is 1.06 bits per heavy atom. The first-order valence-electron chi connectivity index (χ1n) is 11.3. The van der Waals surface area contributed by atoms with Crippen molar-refractivity contribution < 1.29 is 9.59 Å². The van der Waals surface area contributed by atoms with Crippen LogP contribution < -0.4 is 10.6 Å². The maximum atomic E-state index is 12.6. The molecule has 0 atom stereocenters. The molecule has 2 amide bonds. The minimum absolute atomic E-state index is 0.0759. The van der Waals surface area contributed by atoms with Crippen molar-refractivity contribution in [3.63, 3.8) is 0 Å². The van der Waals surface area contributed by atoms with Crippen LogP contribution in [0.1, 0.15) is 28.4 Å². The predicted molar refractivity (Wildman–Crippen MR) is 146 cm³/mol. The molecule has 0 radical (unpaired) electrons. The van der Waals surface area contributed by atoms with E-state index in [2.05, 4.69) is 44.5 Å². The van der Waals surface area contributed by atoms with E-state index >= 15 is 0 Å². The Morgan fingerprint density at radius 3 is 2.69 bits per heavy atom. The summed E-state index contributed by atoms with van der Waals surface area (Å²) in [6.45, 7) is 7.23. The Morgan fingerprint density at radius 2 is 1.89 bits per heavy atom. The first-order chi connectivity index (χ1) is 16.9. The van der Waals surface area contributed by atoms with Gasteiger partial charge in [-0.15, -0.1) is 22.0 Å². The van der Waals surface area contributed by atoms with E-state index < -0.39 is 0 Å². The standard InChI is InChI=1S/C25H27N5O2S3/c1-4-33-25-29-28-24(35-25)27-22(31)15-34-21-14-30(20-8-6-5-7-19(20)21)12-11-26-23(32)18-10-9-16(2)17(3)13-18/h5-10,13-14H,4,11-12,15H2,1-3H3,(H,26,32)(H,27,28,31). The van der Waals surface area contributed by atoms with Gasteiger partial charge in [0.15, 0.2) is 4.34 Å². The third kappa shape index (κ3) is 6.45. The molecule has 7 nitrogen and oxygen atoms in total. The van der Waals surface area contributed by atoms with Gasteiger partial charge >= 0.3 is 0 Å². The number of benzene rings is 2. The average Bonchev–Trinajstić information content (AvgIpc) is 3.44. The van der Waals surface area contributed by atoms with Crippen LogP contribution in [0.15, 0.2) is 57.9 Å². The molecule has 0 saturated carbocycles. The van der Waals surface area contributed by atoms with Gasteiger partial charge in [-0.3, -0.25) is 14.9 Å². The van der Waals surface area contributed by atoms with Crippen LogP contribution in [0.3, 0.4) is 0 Å². The number of fused-ring (bicyclic) bond motifs is 1. The minimum atomic E-state index is -0.114. The number of hydrogen-bond acceptors (Lipinski definition) is 7. The maximum Gasteiger partial charge on any atom is 0.251 e. The van der Waals surface area contributed by atoms with Gasteiger partial charge in [-0.2, -0.15) is 0 Å². The van der Waals surface area contributed by atoms with Crippen molar-refractivity contribution in [1.29, 1.82) is 0 Å². The van der Waals surface area contributed by atoms with E-state index in [-0.39, 0.29) is 17.6 Å². The van der Waals surface area contributed by atoms with Gasteiger partial charge < -0.3 is 9.88 Å². The quantitative estimate of drug-likeness (QED) is 0.213. The van der Waals surface area contributed by atoms with Crippen LogP contribution in [0.4, 0.5) is 5.13 Å². The number of nitrogens with one attached hydrogen (secondary N) is 2. The van der Waals surface area contributed by atoms with Gasteiger partial charge in [0.05, 0.1) is 5.75 Å². The van der Waals surface area contributed by atoms with E-state index in [0.717, 1.165) is 31.5 Å². The molecular weight excluding hydrogens is 499 g/mol. The normalized spacial score (nSPS) is 11.1. The van der Waals surface area contributed by atoms with Gasteiger partial charge in [0.25, 0.3) is 5.91 Å². The monoisotopic (exact) mass is 525 g/mol. The van der Waals surface area contributed by atoms with Crippen LogP contribution in [0, 0.1) is 13.8 Å². The zero-order valence-corrected chi connectivity index (χ0v) is 22.3. The van der Waals surface area contributed by atoms with Crippen LogP contribution in [-0.4, -0.2) is 44.6 Å². The number of carbonyl (C=O) groups is 2. The van der Waals surface area contributed by atoms with E-state index in [9.17, 15) is 9.59 Å². The molecular formula is C25H27N5O2S3. The van der Waals surface area contributed by atoms with E-state index in [0.29, 0.717) is 23.8 Å². The van der Waals surface area contributed by atoms with Crippen LogP contribution in [0.5, 0.6) is 0 Å². The highest BCUT2D eigenvalue weighted by Crippen LogP contribution is 2.30. The number of thioether (sulfide) groups is 2. The summed E-state index contributed by atoms with van der Waals surface area (Å²) in [4.78, 5) is 26.0. The lowest BCUT2D eigenvalue weighted by molar-refractivity contribution is -0.113. The average molecular weight is 526 g/mol. The first-order valence-corrected chi connectivity index (χ1v) is 14.1. The summed E-state index contributed by atoms with van der Waals surface area (Å²) in [7, 11) is 0. The lowest BCUT2D eigenvalue weighted by atomic mass is 10.1. The van der Waals surface area contributed by atoms with E-state index in [1.165, 1.54) is 28.7 Å². The molecule has 2 heterocycles. The molecule has 4 rings (SSSR count). The van der Waals surface area contributed by atoms with E-state index in [1.54, 1.807) is 11.8 Å². The summed E-state index contributed by atoms with van der Waals surface area (Å²) in [6.07, 6.45) is 2.05. The number of para-hydroxylation sites is 1. The Labute approximate surface area is 217 Å². The Kier molecular flexibility index (Phi) is 8.48. The van der Waals surface area contributed by atoms with Crippen molar-refractivity contribution in [3.8, 4) is 0 Å². The van der Waals surface area contributed by atoms with Gasteiger partial charge in [0, 0.05) is 40.6 Å². The summed E-state index contributed by atoms with van der Waals surface area (Å²) >= 11 is 4.48. The van der Waals surface area contributed by atoms with Gasteiger partial charge in [-0.05, 0) is 48.9 Å². The Bertz CT molecular complexity index is 1350. The molecule has 0 unspecified atom stereocenters. The molecule has 0 spiro atoms. The molecule has 4 aromatic rings. The van der Waals surface area contributed by atoms with Gasteiger partial charge in [0.1, 0.15) is 0 Å². The number of aromatic nitrogens is 3. The summed E-state index contributed by atoms with van der Waals surface area (Å²) in [6, 6.07) is 13.8. The number of nitrogens with zero attached hydrogens (tertiary/aromatic N) is 3. The van der Waals surface area contributed by atoms with Crippen molar-refractivity contribution in [2.75, 3.05) is 23.4 Å². The van der Waals surface area contributed by atoms with Crippen LogP contribution in [-0.2, 0) is 11.3 Å². The Balaban J connectivity index is 1.36. The minimum Gasteiger partial charge on any atom is -0.350 e. The lowest BCUT2D eigenvalue weighted by Crippen LogP contribution is -2.27. The van der Waals surface area contributed by atoms with Gasteiger partial charge in [0.2, 0.25) is 11.0 Å². The van der Waals surface area contributed by atoms with E-state index in [4.69, 9.17) is 0 Å². The van der Waals surface area contributed by atoms with Crippen molar-refractivity contribution >= 4 is 62.7 Å². The zero-order valence-electron chi connectivity index (χ0n) is 19.8. The fourth-order valence-corrected chi connectivity index (χ4v) is 6.08. The molecule has 2 aromatic carbocycles. The molecule has 35 heavy (non-hydrogen) atoms.